The quantitative estimate of drug-likeness (QED) is 0.733. The van der Waals surface area contributed by atoms with Gasteiger partial charge in [-0.05, 0) is 0 Å². The zero-order chi connectivity index (χ0) is 7.40. The summed E-state index contributed by atoms with van der Waals surface area (Å²) in [4.78, 5) is 0. The zero-order valence-electron chi connectivity index (χ0n) is 5.50. The molecule has 0 atom stereocenters. The topological polar surface area (TPSA) is 9.23 Å². The van der Waals surface area contributed by atoms with Gasteiger partial charge in [-0.2, -0.15) is 0 Å². The van der Waals surface area contributed by atoms with E-state index in [-0.39, 0.29) is 0 Å². The van der Waals surface area contributed by atoms with Crippen molar-refractivity contribution in [1.29, 1.82) is 0 Å². The number of ether oxygens (including phenoxy) is 1. The molecule has 0 heterocycles. The molecule has 0 aliphatic heterocycles. The molecule has 0 aromatic heterocycles. The second-order valence-electron chi connectivity index (χ2n) is 1.75. The van der Waals surface area contributed by atoms with Crippen LogP contribution < -0.4 is 8.35 Å². The van der Waals surface area contributed by atoms with E-state index < -0.39 is 19.8 Å². The van der Waals surface area contributed by atoms with Crippen LogP contribution in [-0.4, -0.2) is 26.9 Å². The molecule has 0 radical (unpaired) electrons. The molecule has 0 unspecified atom stereocenters. The molecule has 3 heteroatoms. The molecule has 0 saturated carbocycles. The molecule has 0 aliphatic rings. The third-order valence-electron chi connectivity index (χ3n) is 1.15. The first kappa shape index (κ1) is 8.20. The summed E-state index contributed by atoms with van der Waals surface area (Å²) in [7, 11) is 7.37. The molecule has 10 heavy (non-hydrogen) atoms. The van der Waals surface area contributed by atoms with Crippen LogP contribution in [0.25, 0.3) is 0 Å². The van der Waals surface area contributed by atoms with Gasteiger partial charge in [0.05, 0.1) is 0 Å². The number of hydrogen-bond acceptors (Lipinski definition) is 1. The summed E-state index contributed by atoms with van der Waals surface area (Å²) in [6, 6.07) is 7.88. The summed E-state index contributed by atoms with van der Waals surface area (Å²) in [5, 5.41) is 0. The normalized spacial score (nSPS) is 9.40. The van der Waals surface area contributed by atoms with Crippen molar-refractivity contribution in [2.45, 2.75) is 0 Å². The van der Waals surface area contributed by atoms with Gasteiger partial charge in [-0.25, -0.2) is 0 Å². The molecular weight excluding hydrogens is 263 g/mol. The van der Waals surface area contributed by atoms with E-state index in [4.69, 9.17) is 13.7 Å². The molecule has 0 spiro atoms. The second-order valence-corrected chi connectivity index (χ2v) is 4.57. The Morgan fingerprint density at radius 2 is 1.90 bits per heavy atom. The fourth-order valence-corrected chi connectivity index (χ4v) is 2.00. The molecule has 1 aromatic rings. The van der Waals surface area contributed by atoms with Crippen LogP contribution in [0.1, 0.15) is 0 Å². The van der Waals surface area contributed by atoms with Gasteiger partial charge in [-0.1, -0.05) is 0 Å². The molecular formula is C7H7ClOTe. The van der Waals surface area contributed by atoms with Gasteiger partial charge in [0, 0.05) is 0 Å². The third kappa shape index (κ3) is 2.05. The molecule has 0 aliphatic carbocycles. The molecule has 0 bridgehead atoms. The maximum absolute atomic E-state index is 5.71. The second kappa shape index (κ2) is 4.08. The van der Waals surface area contributed by atoms with E-state index in [1.807, 2.05) is 24.3 Å². The number of hydrogen-bond donors (Lipinski definition) is 0. The number of benzene rings is 1. The average molecular weight is 270 g/mol. The number of halogens is 1. The van der Waals surface area contributed by atoms with Crippen molar-refractivity contribution in [1.82, 2.24) is 0 Å². The Bertz CT molecular complexity index is 174. The SMILES string of the molecule is COc1ccc([Te]Cl)cc1. The van der Waals surface area contributed by atoms with Gasteiger partial charge >= 0.3 is 74.2 Å². The zero-order valence-corrected chi connectivity index (χ0v) is 8.59. The molecule has 1 aromatic carbocycles. The first-order chi connectivity index (χ1) is 4.86. The summed E-state index contributed by atoms with van der Waals surface area (Å²) in [5.41, 5.74) is 0. The summed E-state index contributed by atoms with van der Waals surface area (Å²) in [6.07, 6.45) is 0. The van der Waals surface area contributed by atoms with Crippen molar-refractivity contribution < 1.29 is 4.74 Å². The molecule has 0 saturated heterocycles. The van der Waals surface area contributed by atoms with Gasteiger partial charge in [-0.3, -0.25) is 0 Å². The fourth-order valence-electron chi connectivity index (χ4n) is 0.627. The minimum atomic E-state index is -0.447. The Hall–Kier alpha value is 0.0996. The first-order valence-corrected chi connectivity index (χ1v) is 6.91. The molecule has 0 fully saturated rings. The van der Waals surface area contributed by atoms with Crippen molar-refractivity contribution in [2.75, 3.05) is 7.11 Å². The van der Waals surface area contributed by atoms with E-state index >= 15 is 0 Å². The Balaban J connectivity index is 2.80. The maximum atomic E-state index is 5.71. The monoisotopic (exact) mass is 272 g/mol. The van der Waals surface area contributed by atoms with Gasteiger partial charge in [-0.15, -0.1) is 0 Å². The fraction of sp³-hybridized carbons (Fsp3) is 0.143. The Morgan fingerprint density at radius 1 is 1.30 bits per heavy atom. The first-order valence-electron chi connectivity index (χ1n) is 2.79. The van der Waals surface area contributed by atoms with Crippen molar-refractivity contribution in [3.05, 3.63) is 24.3 Å². The van der Waals surface area contributed by atoms with Gasteiger partial charge < -0.3 is 0 Å². The third-order valence-corrected chi connectivity index (χ3v) is 3.63. The van der Waals surface area contributed by atoms with Crippen molar-refractivity contribution in [3.63, 3.8) is 0 Å². The van der Waals surface area contributed by atoms with E-state index in [1.54, 1.807) is 7.11 Å². The Kier molecular flexibility index (Phi) is 3.34. The molecule has 1 rings (SSSR count). The average Bonchev–Trinajstić information content (AvgIpc) is 2.05. The van der Waals surface area contributed by atoms with Gasteiger partial charge in [0.15, 0.2) is 0 Å². The number of rotatable bonds is 2. The van der Waals surface area contributed by atoms with Crippen LogP contribution >= 0.6 is 8.96 Å². The van der Waals surface area contributed by atoms with Crippen molar-refractivity contribution in [3.8, 4) is 5.75 Å². The molecule has 54 valence electrons. The van der Waals surface area contributed by atoms with Crippen molar-refractivity contribution >= 4 is 32.4 Å². The van der Waals surface area contributed by atoms with E-state index in [0.29, 0.717) is 0 Å². The minimum absolute atomic E-state index is 0.447. The molecule has 0 amide bonds. The predicted molar refractivity (Wildman–Crippen MR) is 44.2 cm³/mol. The Morgan fingerprint density at radius 3 is 2.30 bits per heavy atom. The van der Waals surface area contributed by atoms with Crippen molar-refractivity contribution in [2.24, 2.45) is 0 Å². The van der Waals surface area contributed by atoms with Crippen LogP contribution in [0.4, 0.5) is 0 Å². The van der Waals surface area contributed by atoms with E-state index in [1.165, 1.54) is 3.61 Å². The molecule has 0 N–H and O–H groups in total. The summed E-state index contributed by atoms with van der Waals surface area (Å²) >= 11 is -0.447. The van der Waals surface area contributed by atoms with Crippen LogP contribution in [0.15, 0.2) is 24.3 Å². The Labute approximate surface area is 74.2 Å². The van der Waals surface area contributed by atoms with Crippen LogP contribution in [-0.2, 0) is 0 Å². The van der Waals surface area contributed by atoms with Crippen LogP contribution in [0.5, 0.6) is 5.75 Å². The van der Waals surface area contributed by atoms with E-state index in [2.05, 4.69) is 0 Å². The van der Waals surface area contributed by atoms with Gasteiger partial charge in [0.2, 0.25) is 0 Å². The van der Waals surface area contributed by atoms with Gasteiger partial charge in [0.1, 0.15) is 0 Å². The standard InChI is InChI=1S/C7H7ClOTe/c1-9-6-2-4-7(10-8)5-3-6/h2-5H,1H3. The van der Waals surface area contributed by atoms with E-state index in [9.17, 15) is 0 Å². The van der Waals surface area contributed by atoms with Gasteiger partial charge in [0.25, 0.3) is 0 Å². The summed E-state index contributed by atoms with van der Waals surface area (Å²) < 4.78 is 6.23. The molecule has 1 nitrogen and oxygen atoms in total. The van der Waals surface area contributed by atoms with Crippen LogP contribution in [0.2, 0.25) is 0 Å². The van der Waals surface area contributed by atoms with Crippen LogP contribution in [0, 0.1) is 0 Å². The predicted octanol–water partition coefficient (Wildman–Crippen LogP) is 1.18. The van der Waals surface area contributed by atoms with E-state index in [0.717, 1.165) is 5.75 Å². The summed E-state index contributed by atoms with van der Waals surface area (Å²) in [6.45, 7) is 0. The van der Waals surface area contributed by atoms with Crippen LogP contribution in [0.3, 0.4) is 0 Å². The number of methoxy groups -OCH3 is 1. The summed E-state index contributed by atoms with van der Waals surface area (Å²) in [5.74, 6) is 0.890.